The Kier molecular flexibility index (Phi) is 8.55. The van der Waals surface area contributed by atoms with E-state index in [1.807, 2.05) is 12.1 Å². The summed E-state index contributed by atoms with van der Waals surface area (Å²) in [7, 11) is 3.40. The fourth-order valence-electron chi connectivity index (χ4n) is 2.91. The van der Waals surface area contributed by atoms with Crippen LogP contribution in [0.5, 0.6) is 11.5 Å². The standard InChI is InChI=1S/C17H27NO2.ClH/c1-19-16-11-10-14(17(12-16)20-2)13-18-15-8-6-4-3-5-7-9-15;/h10-12,15,18H,3-9,13H2,1-2H3;1H. The highest BCUT2D eigenvalue weighted by Gasteiger charge is 2.12. The molecule has 0 unspecified atom stereocenters. The Labute approximate surface area is 134 Å². The fourth-order valence-corrected chi connectivity index (χ4v) is 2.91. The highest BCUT2D eigenvalue weighted by atomic mass is 35.5. The van der Waals surface area contributed by atoms with Crippen LogP contribution in [0.4, 0.5) is 0 Å². The van der Waals surface area contributed by atoms with Crippen molar-refractivity contribution in [3.8, 4) is 11.5 Å². The van der Waals surface area contributed by atoms with Gasteiger partial charge in [0.2, 0.25) is 0 Å². The van der Waals surface area contributed by atoms with Gasteiger partial charge in [0.1, 0.15) is 11.5 Å². The average molecular weight is 314 g/mol. The van der Waals surface area contributed by atoms with E-state index in [9.17, 15) is 0 Å². The Morgan fingerprint density at radius 2 is 1.67 bits per heavy atom. The van der Waals surface area contributed by atoms with Crippen molar-refractivity contribution in [2.45, 2.75) is 57.5 Å². The lowest BCUT2D eigenvalue weighted by Gasteiger charge is -2.21. The van der Waals surface area contributed by atoms with Crippen molar-refractivity contribution in [1.82, 2.24) is 5.32 Å². The molecule has 0 radical (unpaired) electrons. The molecule has 0 amide bonds. The average Bonchev–Trinajstić information content (AvgIpc) is 2.46. The molecule has 0 aliphatic heterocycles. The number of hydrogen-bond donors (Lipinski definition) is 1. The van der Waals surface area contributed by atoms with E-state index in [0.717, 1.165) is 18.0 Å². The van der Waals surface area contributed by atoms with E-state index < -0.39 is 0 Å². The highest BCUT2D eigenvalue weighted by Crippen LogP contribution is 2.25. The predicted octanol–water partition coefficient (Wildman–Crippen LogP) is 4.33. The molecular formula is C17H28ClNO2. The maximum atomic E-state index is 5.45. The third-order valence-corrected chi connectivity index (χ3v) is 4.18. The Morgan fingerprint density at radius 1 is 1.00 bits per heavy atom. The molecule has 120 valence electrons. The summed E-state index contributed by atoms with van der Waals surface area (Å²) in [5.74, 6) is 1.75. The minimum Gasteiger partial charge on any atom is -0.497 e. The molecule has 0 spiro atoms. The molecule has 1 saturated carbocycles. The molecule has 2 rings (SSSR count). The van der Waals surface area contributed by atoms with Crippen molar-refractivity contribution in [3.63, 3.8) is 0 Å². The lowest BCUT2D eigenvalue weighted by molar-refractivity contribution is 0.374. The lowest BCUT2D eigenvalue weighted by atomic mass is 9.96. The summed E-state index contributed by atoms with van der Waals surface area (Å²) < 4.78 is 10.7. The fraction of sp³-hybridized carbons (Fsp3) is 0.647. The summed E-state index contributed by atoms with van der Waals surface area (Å²) in [6, 6.07) is 6.70. The number of methoxy groups -OCH3 is 2. The zero-order chi connectivity index (χ0) is 14.2. The van der Waals surface area contributed by atoms with E-state index in [1.165, 1.54) is 50.5 Å². The number of hydrogen-bond acceptors (Lipinski definition) is 3. The van der Waals surface area contributed by atoms with E-state index in [-0.39, 0.29) is 12.4 Å². The van der Waals surface area contributed by atoms with Gasteiger partial charge in [0.15, 0.2) is 0 Å². The quantitative estimate of drug-likeness (QED) is 0.877. The van der Waals surface area contributed by atoms with Crippen LogP contribution in [0, 0.1) is 0 Å². The zero-order valence-corrected chi connectivity index (χ0v) is 14.0. The first kappa shape index (κ1) is 18.1. The second-order valence-corrected chi connectivity index (χ2v) is 5.60. The van der Waals surface area contributed by atoms with Crippen LogP contribution in [0.15, 0.2) is 18.2 Å². The largest absolute Gasteiger partial charge is 0.497 e. The molecule has 1 aromatic rings. The van der Waals surface area contributed by atoms with Crippen LogP contribution in [-0.4, -0.2) is 20.3 Å². The number of ether oxygens (including phenoxy) is 2. The first-order chi connectivity index (χ1) is 9.83. The van der Waals surface area contributed by atoms with E-state index >= 15 is 0 Å². The Hall–Kier alpha value is -0.930. The van der Waals surface area contributed by atoms with Crippen LogP contribution < -0.4 is 14.8 Å². The van der Waals surface area contributed by atoms with Gasteiger partial charge in [-0.2, -0.15) is 0 Å². The maximum absolute atomic E-state index is 5.45. The Bertz CT molecular complexity index is 404. The van der Waals surface area contributed by atoms with Gasteiger partial charge >= 0.3 is 0 Å². The van der Waals surface area contributed by atoms with Crippen LogP contribution in [0.25, 0.3) is 0 Å². The van der Waals surface area contributed by atoms with Crippen molar-refractivity contribution in [3.05, 3.63) is 23.8 Å². The SMILES string of the molecule is COc1ccc(CNC2CCCCCCC2)c(OC)c1.Cl. The van der Waals surface area contributed by atoms with Gasteiger partial charge < -0.3 is 14.8 Å². The summed E-state index contributed by atoms with van der Waals surface area (Å²) in [6.45, 7) is 0.873. The Balaban J connectivity index is 0.00000220. The molecule has 1 aromatic carbocycles. The van der Waals surface area contributed by atoms with Crippen molar-refractivity contribution in [2.24, 2.45) is 0 Å². The molecule has 1 aliphatic carbocycles. The molecule has 0 atom stereocenters. The predicted molar refractivity (Wildman–Crippen MR) is 89.7 cm³/mol. The first-order valence-corrected chi connectivity index (χ1v) is 7.78. The Morgan fingerprint density at radius 3 is 2.29 bits per heavy atom. The molecule has 1 aliphatic rings. The van der Waals surface area contributed by atoms with E-state index in [0.29, 0.717) is 6.04 Å². The minimum absolute atomic E-state index is 0. The van der Waals surface area contributed by atoms with E-state index in [1.54, 1.807) is 14.2 Å². The van der Waals surface area contributed by atoms with Gasteiger partial charge in [-0.05, 0) is 18.9 Å². The van der Waals surface area contributed by atoms with Gasteiger partial charge in [0, 0.05) is 24.2 Å². The lowest BCUT2D eigenvalue weighted by Crippen LogP contribution is -2.29. The van der Waals surface area contributed by atoms with Gasteiger partial charge in [-0.3, -0.25) is 0 Å². The topological polar surface area (TPSA) is 30.5 Å². The monoisotopic (exact) mass is 313 g/mol. The van der Waals surface area contributed by atoms with Crippen LogP contribution in [-0.2, 0) is 6.54 Å². The van der Waals surface area contributed by atoms with Crippen LogP contribution in [0.2, 0.25) is 0 Å². The van der Waals surface area contributed by atoms with Gasteiger partial charge in [-0.15, -0.1) is 12.4 Å². The van der Waals surface area contributed by atoms with Crippen molar-refractivity contribution < 1.29 is 9.47 Å². The molecule has 0 bridgehead atoms. The molecule has 0 heterocycles. The molecule has 4 heteroatoms. The van der Waals surface area contributed by atoms with Crippen molar-refractivity contribution in [2.75, 3.05) is 14.2 Å². The van der Waals surface area contributed by atoms with Crippen LogP contribution in [0.1, 0.15) is 50.5 Å². The minimum atomic E-state index is 0. The third kappa shape index (κ3) is 5.76. The summed E-state index contributed by atoms with van der Waals surface area (Å²) in [4.78, 5) is 0. The molecule has 0 aromatic heterocycles. The van der Waals surface area contributed by atoms with Crippen LogP contribution >= 0.6 is 12.4 Å². The van der Waals surface area contributed by atoms with Crippen LogP contribution in [0.3, 0.4) is 0 Å². The number of nitrogens with one attached hydrogen (secondary N) is 1. The molecule has 3 nitrogen and oxygen atoms in total. The van der Waals surface area contributed by atoms with Crippen molar-refractivity contribution in [1.29, 1.82) is 0 Å². The summed E-state index contributed by atoms with van der Waals surface area (Å²) in [5, 5.41) is 3.70. The second kappa shape index (κ2) is 9.91. The summed E-state index contributed by atoms with van der Waals surface area (Å²) in [6.07, 6.45) is 9.53. The second-order valence-electron chi connectivity index (χ2n) is 5.60. The van der Waals surface area contributed by atoms with Gasteiger partial charge in [0.25, 0.3) is 0 Å². The summed E-state index contributed by atoms with van der Waals surface area (Å²) in [5.41, 5.74) is 1.20. The normalized spacial score (nSPS) is 16.5. The van der Waals surface area contributed by atoms with E-state index in [4.69, 9.17) is 9.47 Å². The molecule has 0 saturated heterocycles. The number of halogens is 1. The summed E-state index contributed by atoms with van der Waals surface area (Å²) >= 11 is 0. The third-order valence-electron chi connectivity index (χ3n) is 4.18. The number of benzene rings is 1. The maximum Gasteiger partial charge on any atom is 0.127 e. The van der Waals surface area contributed by atoms with Crippen molar-refractivity contribution >= 4 is 12.4 Å². The molecule has 21 heavy (non-hydrogen) atoms. The number of rotatable bonds is 5. The smallest absolute Gasteiger partial charge is 0.127 e. The molecule has 1 N–H and O–H groups in total. The van der Waals surface area contributed by atoms with E-state index in [2.05, 4.69) is 11.4 Å². The van der Waals surface area contributed by atoms with Gasteiger partial charge in [-0.25, -0.2) is 0 Å². The molecular weight excluding hydrogens is 286 g/mol. The first-order valence-electron chi connectivity index (χ1n) is 7.78. The highest BCUT2D eigenvalue weighted by molar-refractivity contribution is 5.85. The zero-order valence-electron chi connectivity index (χ0n) is 13.2. The van der Waals surface area contributed by atoms with Gasteiger partial charge in [-0.1, -0.05) is 38.2 Å². The van der Waals surface area contributed by atoms with Gasteiger partial charge in [0.05, 0.1) is 14.2 Å². The molecule has 1 fully saturated rings.